The van der Waals surface area contributed by atoms with Crippen LogP contribution in [0.3, 0.4) is 0 Å². The highest BCUT2D eigenvalue weighted by Crippen LogP contribution is 2.23. The number of nitro benzene ring substituents is 1. The molecule has 0 spiro atoms. The number of non-ortho nitro benzene ring substituents is 1. The molecule has 0 aliphatic carbocycles. The lowest BCUT2D eigenvalue weighted by molar-refractivity contribution is -0.384. The number of nitro groups is 1. The van der Waals surface area contributed by atoms with Crippen LogP contribution < -0.4 is 4.80 Å². The first kappa shape index (κ1) is 26.2. The number of carbonyl (C=O) groups is 2. The lowest BCUT2D eigenvalue weighted by Crippen LogP contribution is -2.30. The molecular weight excluding hydrogens is 496 g/mol. The topological polar surface area (TPSA) is 141 Å². The maximum Gasteiger partial charge on any atom is 0.326 e. The fourth-order valence-corrected chi connectivity index (χ4v) is 5.84. The number of hydrogen-bond acceptors (Lipinski definition) is 8. The number of amides is 1. The molecule has 3 aromatic rings. The first-order valence-corrected chi connectivity index (χ1v) is 13.0. The van der Waals surface area contributed by atoms with Gasteiger partial charge in [0.25, 0.3) is 11.6 Å². The van der Waals surface area contributed by atoms with Crippen molar-refractivity contribution in [3.63, 3.8) is 0 Å². The molecule has 2 aromatic carbocycles. The molecule has 0 bridgehead atoms. The highest BCUT2D eigenvalue weighted by Gasteiger charge is 2.22. The molecule has 0 saturated heterocycles. The van der Waals surface area contributed by atoms with Gasteiger partial charge < -0.3 is 9.30 Å². The molecule has 0 fully saturated rings. The average molecular weight is 521 g/mol. The van der Waals surface area contributed by atoms with Crippen LogP contribution in [0.4, 0.5) is 5.69 Å². The molecule has 0 N–H and O–H groups in total. The normalized spacial score (nSPS) is 12.3. The number of thiazole rings is 1. The zero-order valence-corrected chi connectivity index (χ0v) is 21.0. The smallest absolute Gasteiger partial charge is 0.326 e. The van der Waals surface area contributed by atoms with Crippen molar-refractivity contribution < 1.29 is 27.7 Å². The van der Waals surface area contributed by atoms with E-state index in [9.17, 15) is 28.1 Å². The van der Waals surface area contributed by atoms with Gasteiger partial charge in [-0.15, -0.1) is 0 Å². The van der Waals surface area contributed by atoms with Crippen LogP contribution in [-0.4, -0.2) is 53.8 Å². The summed E-state index contributed by atoms with van der Waals surface area (Å²) in [5.41, 5.74) is 0.342. The van der Waals surface area contributed by atoms with Gasteiger partial charge >= 0.3 is 5.97 Å². The monoisotopic (exact) mass is 520 g/mol. The number of aromatic nitrogens is 1. The van der Waals surface area contributed by atoms with Crippen molar-refractivity contribution in [2.24, 2.45) is 4.99 Å². The van der Waals surface area contributed by atoms with Crippen molar-refractivity contribution in [2.45, 2.75) is 32.2 Å². The maximum absolute atomic E-state index is 12.9. The third-order valence-electron chi connectivity index (χ3n) is 5.11. The van der Waals surface area contributed by atoms with Crippen molar-refractivity contribution in [1.82, 2.24) is 8.87 Å². The molecule has 13 heteroatoms. The molecule has 1 aromatic heterocycles. The second kappa shape index (κ2) is 10.9. The Labute approximate surface area is 205 Å². The number of nitrogens with zero attached hydrogens (tertiary/aromatic N) is 4. The summed E-state index contributed by atoms with van der Waals surface area (Å²) in [7, 11) is -3.67. The molecule has 0 radical (unpaired) electrons. The van der Waals surface area contributed by atoms with E-state index in [0.717, 1.165) is 11.3 Å². The van der Waals surface area contributed by atoms with Gasteiger partial charge in [-0.1, -0.05) is 25.2 Å². The summed E-state index contributed by atoms with van der Waals surface area (Å²) in [5, 5.41) is 11.2. The fourth-order valence-electron chi connectivity index (χ4n) is 3.38. The molecule has 0 saturated carbocycles. The highest BCUT2D eigenvalue weighted by atomic mass is 32.2. The quantitative estimate of drug-likeness (QED) is 0.240. The zero-order chi connectivity index (χ0) is 25.8. The van der Waals surface area contributed by atoms with E-state index in [2.05, 4.69) is 4.99 Å². The molecule has 186 valence electrons. The molecule has 1 heterocycles. The predicted octanol–water partition coefficient (Wildman–Crippen LogP) is 2.95. The Balaban J connectivity index is 2.04. The Kier molecular flexibility index (Phi) is 8.14. The minimum Gasteiger partial charge on any atom is -0.465 e. The van der Waals surface area contributed by atoms with Crippen LogP contribution in [0.25, 0.3) is 10.2 Å². The molecule has 0 aliphatic heterocycles. The van der Waals surface area contributed by atoms with Crippen molar-refractivity contribution in [1.29, 1.82) is 0 Å². The zero-order valence-electron chi connectivity index (χ0n) is 19.3. The molecule has 11 nitrogen and oxygen atoms in total. The average Bonchev–Trinajstić information content (AvgIpc) is 3.15. The summed E-state index contributed by atoms with van der Waals surface area (Å²) in [6.07, 6.45) is 0. The Bertz CT molecular complexity index is 1440. The van der Waals surface area contributed by atoms with Crippen molar-refractivity contribution in [3.05, 3.63) is 62.9 Å². The van der Waals surface area contributed by atoms with Crippen LogP contribution in [0.1, 0.15) is 31.1 Å². The lowest BCUT2D eigenvalue weighted by atomic mass is 10.2. The van der Waals surface area contributed by atoms with Crippen molar-refractivity contribution in [3.8, 4) is 0 Å². The van der Waals surface area contributed by atoms with Gasteiger partial charge in [-0.2, -0.15) is 9.30 Å². The SMILES string of the molecule is CCOC(=O)Cn1c(=NC(=O)c2ccc(S(=O)(=O)N(CC)CC)cc2)sc2ccc([N+](=O)[O-])cc21. The summed E-state index contributed by atoms with van der Waals surface area (Å²) >= 11 is 1.09. The molecule has 0 unspecified atom stereocenters. The fraction of sp³-hybridized carbons (Fsp3) is 0.318. The molecule has 3 rings (SSSR count). The molecular formula is C22H24N4O7S2. The minimum atomic E-state index is -3.67. The van der Waals surface area contributed by atoms with Crippen molar-refractivity contribution in [2.75, 3.05) is 19.7 Å². The van der Waals surface area contributed by atoms with E-state index < -0.39 is 26.8 Å². The number of ether oxygens (including phenoxy) is 1. The van der Waals surface area contributed by atoms with Gasteiger partial charge in [0.2, 0.25) is 10.0 Å². The Morgan fingerprint density at radius 1 is 1.11 bits per heavy atom. The van der Waals surface area contributed by atoms with Gasteiger partial charge in [-0.05, 0) is 37.3 Å². The van der Waals surface area contributed by atoms with E-state index in [1.54, 1.807) is 20.8 Å². The molecule has 0 atom stereocenters. The third-order valence-corrected chi connectivity index (χ3v) is 8.23. The van der Waals surface area contributed by atoms with Crippen LogP contribution in [0.15, 0.2) is 52.4 Å². The van der Waals surface area contributed by atoms with E-state index in [1.165, 1.54) is 51.3 Å². The second-order valence-electron chi connectivity index (χ2n) is 7.22. The first-order chi connectivity index (χ1) is 16.6. The lowest BCUT2D eigenvalue weighted by Gasteiger charge is -2.18. The van der Waals surface area contributed by atoms with Crippen LogP contribution in [0.2, 0.25) is 0 Å². The first-order valence-electron chi connectivity index (χ1n) is 10.7. The summed E-state index contributed by atoms with van der Waals surface area (Å²) in [6.45, 7) is 5.63. The predicted molar refractivity (Wildman–Crippen MR) is 130 cm³/mol. The van der Waals surface area contributed by atoms with Crippen LogP contribution in [0.5, 0.6) is 0 Å². The molecule has 1 amide bonds. The maximum atomic E-state index is 12.9. The number of carbonyl (C=O) groups excluding carboxylic acids is 2. The van der Waals surface area contributed by atoms with Gasteiger partial charge in [0.05, 0.1) is 26.6 Å². The Morgan fingerprint density at radius 2 is 1.77 bits per heavy atom. The number of rotatable bonds is 9. The van der Waals surface area contributed by atoms with E-state index in [1.807, 2.05) is 0 Å². The number of esters is 1. The van der Waals surface area contributed by atoms with Gasteiger partial charge in [-0.3, -0.25) is 19.7 Å². The van der Waals surface area contributed by atoms with Gasteiger partial charge in [0.1, 0.15) is 6.54 Å². The molecule has 35 heavy (non-hydrogen) atoms. The summed E-state index contributed by atoms with van der Waals surface area (Å²) < 4.78 is 33.6. The minimum absolute atomic E-state index is 0.0595. The van der Waals surface area contributed by atoms with E-state index >= 15 is 0 Å². The van der Waals surface area contributed by atoms with Gasteiger partial charge in [0, 0.05) is 30.8 Å². The largest absolute Gasteiger partial charge is 0.465 e. The third kappa shape index (κ3) is 5.63. The molecule has 0 aliphatic rings. The number of hydrogen-bond donors (Lipinski definition) is 0. The number of fused-ring (bicyclic) bond motifs is 1. The van der Waals surface area contributed by atoms with Gasteiger partial charge in [0.15, 0.2) is 4.80 Å². The van der Waals surface area contributed by atoms with Gasteiger partial charge in [-0.25, -0.2) is 8.42 Å². The van der Waals surface area contributed by atoms with Crippen LogP contribution in [0, 0.1) is 10.1 Å². The second-order valence-corrected chi connectivity index (χ2v) is 10.2. The Morgan fingerprint density at radius 3 is 2.34 bits per heavy atom. The van der Waals surface area contributed by atoms with Crippen LogP contribution >= 0.6 is 11.3 Å². The van der Waals surface area contributed by atoms with Crippen LogP contribution in [-0.2, 0) is 26.1 Å². The number of benzene rings is 2. The highest BCUT2D eigenvalue weighted by molar-refractivity contribution is 7.89. The summed E-state index contributed by atoms with van der Waals surface area (Å²) in [4.78, 5) is 40.0. The van der Waals surface area contributed by atoms with E-state index in [4.69, 9.17) is 4.74 Å². The van der Waals surface area contributed by atoms with E-state index in [-0.39, 0.29) is 34.1 Å². The summed E-state index contributed by atoms with van der Waals surface area (Å²) in [5.74, 6) is -1.24. The standard InChI is InChI=1S/C22H24N4O7S2/c1-4-24(5-2)35(31,32)17-10-7-15(8-11-17)21(28)23-22-25(14-20(27)33-6-3)18-13-16(26(29)30)9-12-19(18)34-22/h7-13H,4-6,14H2,1-3H3. The van der Waals surface area contributed by atoms with E-state index in [0.29, 0.717) is 23.3 Å². The number of sulfonamides is 1. The summed E-state index contributed by atoms with van der Waals surface area (Å²) in [6, 6.07) is 9.59. The van der Waals surface area contributed by atoms with Crippen molar-refractivity contribution >= 4 is 49.1 Å². The Hall–Kier alpha value is -3.42.